The van der Waals surface area contributed by atoms with Crippen molar-refractivity contribution in [1.29, 1.82) is 0 Å². The Morgan fingerprint density at radius 2 is 1.81 bits per heavy atom. The van der Waals surface area contributed by atoms with Crippen LogP contribution < -0.4 is 0 Å². The van der Waals surface area contributed by atoms with Crippen molar-refractivity contribution in [3.05, 3.63) is 0 Å². The first-order valence-electron chi connectivity index (χ1n) is 7.93. The summed E-state index contributed by atoms with van der Waals surface area (Å²) in [6, 6.07) is 0.424. The molecule has 120 valence electrons. The maximum atomic E-state index is 12.6. The van der Waals surface area contributed by atoms with Gasteiger partial charge in [0.1, 0.15) is 0 Å². The molecule has 0 bridgehead atoms. The van der Waals surface area contributed by atoms with Gasteiger partial charge >= 0.3 is 12.0 Å². The fourth-order valence-electron chi connectivity index (χ4n) is 3.35. The number of likely N-dealkylation sites (N-methyl/N-ethyl adjacent to an activating group) is 1. The molecule has 0 aliphatic carbocycles. The van der Waals surface area contributed by atoms with E-state index < -0.39 is 5.97 Å². The third kappa shape index (κ3) is 4.33. The van der Waals surface area contributed by atoms with Crippen molar-refractivity contribution >= 4 is 12.0 Å². The molecule has 2 amide bonds. The maximum Gasteiger partial charge on any atom is 0.320 e. The van der Waals surface area contributed by atoms with Crippen LogP contribution in [-0.4, -0.2) is 77.6 Å². The van der Waals surface area contributed by atoms with Gasteiger partial charge in [-0.3, -0.25) is 4.79 Å². The number of likely N-dealkylation sites (tertiary alicyclic amines) is 1. The van der Waals surface area contributed by atoms with Gasteiger partial charge in [0.2, 0.25) is 0 Å². The van der Waals surface area contributed by atoms with E-state index in [1.54, 1.807) is 0 Å². The van der Waals surface area contributed by atoms with Gasteiger partial charge < -0.3 is 19.8 Å². The Kier molecular flexibility index (Phi) is 5.45. The summed E-state index contributed by atoms with van der Waals surface area (Å²) in [5.41, 5.74) is 0. The average Bonchev–Trinajstić information content (AvgIpc) is 2.45. The van der Waals surface area contributed by atoms with Gasteiger partial charge in [0, 0.05) is 45.2 Å². The molecule has 21 heavy (non-hydrogen) atoms. The van der Waals surface area contributed by atoms with Crippen LogP contribution in [0.1, 0.15) is 32.6 Å². The van der Waals surface area contributed by atoms with E-state index in [0.29, 0.717) is 5.92 Å². The average molecular weight is 297 g/mol. The van der Waals surface area contributed by atoms with Crippen LogP contribution in [0.25, 0.3) is 0 Å². The van der Waals surface area contributed by atoms with Crippen LogP contribution in [0.5, 0.6) is 0 Å². The topological polar surface area (TPSA) is 64.1 Å². The smallest absolute Gasteiger partial charge is 0.320 e. The maximum absolute atomic E-state index is 12.6. The van der Waals surface area contributed by atoms with Gasteiger partial charge in [-0.25, -0.2) is 4.79 Å². The number of carbonyl (C=O) groups excluding carboxylic acids is 1. The molecule has 2 aliphatic rings. The molecule has 2 fully saturated rings. The Morgan fingerprint density at radius 3 is 2.38 bits per heavy atom. The molecule has 2 heterocycles. The molecular weight excluding hydrogens is 270 g/mol. The lowest BCUT2D eigenvalue weighted by Crippen LogP contribution is -2.57. The molecular formula is C15H27N3O3. The molecule has 1 unspecified atom stereocenters. The lowest BCUT2D eigenvalue weighted by Gasteiger charge is -2.42. The number of hydrogen-bond acceptors (Lipinski definition) is 3. The van der Waals surface area contributed by atoms with Crippen molar-refractivity contribution < 1.29 is 14.7 Å². The molecule has 2 saturated heterocycles. The molecule has 0 saturated carbocycles. The minimum atomic E-state index is -0.722. The number of amides is 2. The lowest BCUT2D eigenvalue weighted by molar-refractivity contribution is -0.137. The van der Waals surface area contributed by atoms with E-state index in [0.717, 1.165) is 52.0 Å². The molecule has 0 aromatic heterocycles. The second kappa shape index (κ2) is 7.11. The van der Waals surface area contributed by atoms with Crippen LogP contribution in [0.2, 0.25) is 0 Å². The van der Waals surface area contributed by atoms with Crippen LogP contribution in [0, 0.1) is 5.92 Å². The highest BCUT2D eigenvalue weighted by atomic mass is 16.4. The molecule has 0 spiro atoms. The number of piperidine rings is 1. The molecule has 2 rings (SSSR count). The minimum Gasteiger partial charge on any atom is -0.481 e. The van der Waals surface area contributed by atoms with E-state index in [-0.39, 0.29) is 18.5 Å². The highest BCUT2D eigenvalue weighted by molar-refractivity contribution is 5.75. The van der Waals surface area contributed by atoms with Crippen LogP contribution in [0.4, 0.5) is 4.79 Å². The number of carboxylic acids is 1. The number of urea groups is 1. The molecule has 0 radical (unpaired) electrons. The zero-order valence-corrected chi connectivity index (χ0v) is 13.1. The van der Waals surface area contributed by atoms with Gasteiger partial charge in [-0.2, -0.15) is 0 Å². The van der Waals surface area contributed by atoms with Gasteiger partial charge in [-0.1, -0.05) is 0 Å². The van der Waals surface area contributed by atoms with E-state index in [4.69, 9.17) is 5.11 Å². The quantitative estimate of drug-likeness (QED) is 0.853. The third-order valence-electron chi connectivity index (χ3n) is 4.73. The molecule has 6 heteroatoms. The first kappa shape index (κ1) is 16.1. The summed E-state index contributed by atoms with van der Waals surface area (Å²) in [4.78, 5) is 29.4. The fraction of sp³-hybridized carbons (Fsp3) is 0.867. The zero-order valence-electron chi connectivity index (χ0n) is 13.1. The third-order valence-corrected chi connectivity index (χ3v) is 4.73. The Balaban J connectivity index is 1.79. The van der Waals surface area contributed by atoms with E-state index in [2.05, 4.69) is 18.9 Å². The number of carboxylic acid groups (broad SMARTS) is 1. The highest BCUT2D eigenvalue weighted by Gasteiger charge is 2.31. The van der Waals surface area contributed by atoms with E-state index in [9.17, 15) is 9.59 Å². The molecule has 0 aromatic rings. The lowest BCUT2D eigenvalue weighted by atomic mass is 9.92. The van der Waals surface area contributed by atoms with Gasteiger partial charge in [0.15, 0.2) is 0 Å². The van der Waals surface area contributed by atoms with Crippen molar-refractivity contribution in [3.8, 4) is 0 Å². The number of piperazine rings is 1. The van der Waals surface area contributed by atoms with E-state index in [1.807, 2.05) is 9.80 Å². The number of aliphatic carboxylic acids is 1. The summed E-state index contributed by atoms with van der Waals surface area (Å²) in [6.45, 7) is 6.30. The van der Waals surface area contributed by atoms with E-state index >= 15 is 0 Å². The fourth-order valence-corrected chi connectivity index (χ4v) is 3.35. The van der Waals surface area contributed by atoms with Crippen LogP contribution in [-0.2, 0) is 4.79 Å². The number of carbonyl (C=O) groups is 2. The Morgan fingerprint density at radius 1 is 1.14 bits per heavy atom. The summed E-state index contributed by atoms with van der Waals surface area (Å²) in [7, 11) is 2.09. The first-order valence-corrected chi connectivity index (χ1v) is 7.93. The molecule has 2 aliphatic heterocycles. The Labute approximate surface area is 126 Å². The summed E-state index contributed by atoms with van der Waals surface area (Å²) >= 11 is 0. The first-order chi connectivity index (χ1) is 9.97. The predicted octanol–water partition coefficient (Wildman–Crippen LogP) is 1.32. The number of hydrogen-bond donors (Lipinski definition) is 1. The van der Waals surface area contributed by atoms with Crippen LogP contribution in [0.3, 0.4) is 0 Å². The van der Waals surface area contributed by atoms with Crippen molar-refractivity contribution in [3.63, 3.8) is 0 Å². The summed E-state index contributed by atoms with van der Waals surface area (Å²) in [6.07, 6.45) is 2.85. The molecule has 1 atom stereocenters. The summed E-state index contributed by atoms with van der Waals surface area (Å²) in [5, 5.41) is 8.73. The molecule has 6 nitrogen and oxygen atoms in total. The predicted molar refractivity (Wildman–Crippen MR) is 80.2 cm³/mol. The molecule has 0 aromatic carbocycles. The van der Waals surface area contributed by atoms with Gasteiger partial charge in [0.05, 0.1) is 0 Å². The molecule has 1 N–H and O–H groups in total. The largest absolute Gasteiger partial charge is 0.481 e. The monoisotopic (exact) mass is 297 g/mol. The number of nitrogens with zero attached hydrogens (tertiary/aromatic N) is 3. The van der Waals surface area contributed by atoms with Crippen molar-refractivity contribution in [2.75, 3.05) is 39.8 Å². The Bertz CT molecular complexity index is 380. The standard InChI is InChI=1S/C15H27N3O3/c1-12-11-16(2)9-10-18(12)15(21)17-7-5-13(6-8-17)3-4-14(19)20/h12-13H,3-11H2,1-2H3,(H,19,20). The normalized spacial score (nSPS) is 25.1. The number of rotatable bonds is 3. The van der Waals surface area contributed by atoms with Crippen molar-refractivity contribution in [1.82, 2.24) is 14.7 Å². The zero-order chi connectivity index (χ0) is 15.4. The van der Waals surface area contributed by atoms with Gasteiger partial charge in [-0.15, -0.1) is 0 Å². The van der Waals surface area contributed by atoms with Crippen molar-refractivity contribution in [2.24, 2.45) is 5.92 Å². The minimum absolute atomic E-state index is 0.160. The van der Waals surface area contributed by atoms with Crippen LogP contribution in [0.15, 0.2) is 0 Å². The summed E-state index contributed by atoms with van der Waals surface area (Å²) in [5.74, 6) is -0.269. The second-order valence-corrected chi connectivity index (χ2v) is 6.45. The van der Waals surface area contributed by atoms with Gasteiger partial charge in [-0.05, 0) is 39.2 Å². The summed E-state index contributed by atoms with van der Waals surface area (Å²) < 4.78 is 0. The van der Waals surface area contributed by atoms with Gasteiger partial charge in [0.25, 0.3) is 0 Å². The van der Waals surface area contributed by atoms with Crippen molar-refractivity contribution in [2.45, 2.75) is 38.6 Å². The second-order valence-electron chi connectivity index (χ2n) is 6.45. The highest BCUT2D eigenvalue weighted by Crippen LogP contribution is 2.23. The SMILES string of the molecule is CC1CN(C)CCN1C(=O)N1CCC(CCC(=O)O)CC1. The van der Waals surface area contributed by atoms with Crippen LogP contribution >= 0.6 is 0 Å². The Hall–Kier alpha value is -1.30. The van der Waals surface area contributed by atoms with E-state index in [1.165, 1.54) is 0 Å².